The van der Waals surface area contributed by atoms with E-state index in [2.05, 4.69) is 0 Å². The van der Waals surface area contributed by atoms with Crippen molar-refractivity contribution in [2.75, 3.05) is 6.61 Å². The van der Waals surface area contributed by atoms with E-state index in [4.69, 9.17) is 10.8 Å². The van der Waals surface area contributed by atoms with Gasteiger partial charge in [0.2, 0.25) is 0 Å². The molecule has 2 aromatic carbocycles. The zero-order chi connectivity index (χ0) is 13.3. The fourth-order valence-electron chi connectivity index (χ4n) is 2.07. The summed E-state index contributed by atoms with van der Waals surface area (Å²) in [4.78, 5) is 0. The van der Waals surface area contributed by atoms with Gasteiger partial charge in [0.1, 0.15) is 6.61 Å². The molecule has 0 amide bonds. The van der Waals surface area contributed by atoms with Crippen LogP contribution in [0.15, 0.2) is 36.4 Å². The number of hydrogen-bond donors (Lipinski definition) is 2. The standard InChI is InChI=1S/C14H15F2NO/c1-9-6-7-12(13(17)14(15,16)8-18)11-5-3-2-4-10(9)11/h2-7,13,18H,8,17H2,1H3/t13-/m1/s1. The number of rotatable bonds is 3. The van der Waals surface area contributed by atoms with Gasteiger partial charge in [0.05, 0.1) is 6.04 Å². The molecule has 4 heteroatoms. The van der Waals surface area contributed by atoms with Gasteiger partial charge in [-0.05, 0) is 28.8 Å². The summed E-state index contributed by atoms with van der Waals surface area (Å²) >= 11 is 0. The van der Waals surface area contributed by atoms with Gasteiger partial charge < -0.3 is 10.8 Å². The summed E-state index contributed by atoms with van der Waals surface area (Å²) in [6, 6.07) is 9.15. The molecule has 0 saturated heterocycles. The monoisotopic (exact) mass is 251 g/mol. The van der Waals surface area contributed by atoms with Crippen LogP contribution in [-0.4, -0.2) is 17.6 Å². The van der Waals surface area contributed by atoms with Crippen LogP contribution in [0.5, 0.6) is 0 Å². The molecule has 0 fully saturated rings. The van der Waals surface area contributed by atoms with Gasteiger partial charge in [0, 0.05) is 0 Å². The summed E-state index contributed by atoms with van der Waals surface area (Å²) in [6.07, 6.45) is 0. The highest BCUT2D eigenvalue weighted by atomic mass is 19.3. The fourth-order valence-corrected chi connectivity index (χ4v) is 2.07. The summed E-state index contributed by atoms with van der Waals surface area (Å²) in [5.74, 6) is -3.32. The normalized spacial score (nSPS) is 13.8. The topological polar surface area (TPSA) is 46.2 Å². The molecule has 0 spiro atoms. The summed E-state index contributed by atoms with van der Waals surface area (Å²) in [7, 11) is 0. The number of benzene rings is 2. The lowest BCUT2D eigenvalue weighted by atomic mass is 9.93. The van der Waals surface area contributed by atoms with E-state index in [-0.39, 0.29) is 0 Å². The van der Waals surface area contributed by atoms with Crippen LogP contribution in [0.25, 0.3) is 10.8 Å². The minimum absolute atomic E-state index is 0.357. The van der Waals surface area contributed by atoms with E-state index in [1.54, 1.807) is 24.3 Å². The lowest BCUT2D eigenvalue weighted by Gasteiger charge is -2.23. The van der Waals surface area contributed by atoms with Crippen molar-refractivity contribution < 1.29 is 13.9 Å². The largest absolute Gasteiger partial charge is 0.390 e. The van der Waals surface area contributed by atoms with Crippen LogP contribution in [-0.2, 0) is 0 Å². The Labute approximate surface area is 104 Å². The molecule has 18 heavy (non-hydrogen) atoms. The molecule has 0 unspecified atom stereocenters. The van der Waals surface area contributed by atoms with E-state index < -0.39 is 18.6 Å². The van der Waals surface area contributed by atoms with Crippen molar-refractivity contribution in [1.82, 2.24) is 0 Å². The Morgan fingerprint density at radius 3 is 2.39 bits per heavy atom. The maximum absolute atomic E-state index is 13.5. The lowest BCUT2D eigenvalue weighted by molar-refractivity contribution is -0.0708. The van der Waals surface area contributed by atoms with E-state index >= 15 is 0 Å². The second-order valence-electron chi connectivity index (χ2n) is 4.41. The van der Waals surface area contributed by atoms with Crippen LogP contribution in [0.2, 0.25) is 0 Å². The van der Waals surface area contributed by atoms with Gasteiger partial charge in [-0.2, -0.15) is 0 Å². The SMILES string of the molecule is Cc1ccc([C@@H](N)C(F)(F)CO)c2ccccc12. The van der Waals surface area contributed by atoms with E-state index in [0.29, 0.717) is 10.9 Å². The molecule has 96 valence electrons. The van der Waals surface area contributed by atoms with Crippen molar-refractivity contribution >= 4 is 10.8 Å². The summed E-state index contributed by atoms with van der Waals surface area (Å²) < 4.78 is 27.0. The van der Waals surface area contributed by atoms with Gasteiger partial charge in [0.15, 0.2) is 0 Å². The third kappa shape index (κ3) is 2.09. The highest BCUT2D eigenvalue weighted by Crippen LogP contribution is 2.34. The smallest absolute Gasteiger partial charge is 0.289 e. The number of aliphatic hydroxyl groups is 1. The van der Waals surface area contributed by atoms with Gasteiger partial charge in [-0.15, -0.1) is 0 Å². The Bertz CT molecular complexity index is 569. The van der Waals surface area contributed by atoms with Crippen LogP contribution in [0, 0.1) is 6.92 Å². The Kier molecular flexibility index (Phi) is 3.32. The maximum Gasteiger partial charge on any atom is 0.289 e. The number of nitrogens with two attached hydrogens (primary N) is 1. The van der Waals surface area contributed by atoms with Crippen LogP contribution in [0.1, 0.15) is 17.2 Å². The number of aliphatic hydroxyl groups excluding tert-OH is 1. The molecule has 2 aromatic rings. The molecular weight excluding hydrogens is 236 g/mol. The van der Waals surface area contributed by atoms with E-state index in [1.165, 1.54) is 0 Å². The minimum Gasteiger partial charge on any atom is -0.390 e. The van der Waals surface area contributed by atoms with Crippen LogP contribution in [0.3, 0.4) is 0 Å². The molecule has 1 atom stereocenters. The first-order valence-electron chi connectivity index (χ1n) is 5.70. The first-order valence-corrected chi connectivity index (χ1v) is 5.70. The number of hydrogen-bond acceptors (Lipinski definition) is 2. The Morgan fingerprint density at radius 1 is 1.17 bits per heavy atom. The van der Waals surface area contributed by atoms with Crippen molar-refractivity contribution in [3.8, 4) is 0 Å². The van der Waals surface area contributed by atoms with Crippen LogP contribution < -0.4 is 5.73 Å². The predicted octanol–water partition coefficient (Wildman–Crippen LogP) is 2.78. The molecule has 2 rings (SSSR count). The Morgan fingerprint density at radius 2 is 1.78 bits per heavy atom. The molecule has 2 nitrogen and oxygen atoms in total. The molecule has 3 N–H and O–H groups in total. The first kappa shape index (κ1) is 12.9. The summed E-state index contributed by atoms with van der Waals surface area (Å²) in [6.45, 7) is 0.665. The van der Waals surface area contributed by atoms with Crippen LogP contribution >= 0.6 is 0 Å². The maximum atomic E-state index is 13.5. The van der Waals surface area contributed by atoms with Crippen molar-refractivity contribution in [2.45, 2.75) is 18.9 Å². The van der Waals surface area contributed by atoms with Gasteiger partial charge >= 0.3 is 0 Å². The highest BCUT2D eigenvalue weighted by molar-refractivity contribution is 5.89. The van der Waals surface area contributed by atoms with Gasteiger partial charge in [-0.1, -0.05) is 36.4 Å². The first-order chi connectivity index (χ1) is 8.47. The summed E-state index contributed by atoms with van der Waals surface area (Å²) in [5, 5.41) is 10.3. The fraction of sp³-hybridized carbons (Fsp3) is 0.286. The molecule has 0 aromatic heterocycles. The lowest BCUT2D eigenvalue weighted by Crippen LogP contribution is -2.36. The second kappa shape index (κ2) is 4.63. The molecule has 0 aliphatic carbocycles. The van der Waals surface area contributed by atoms with Crippen molar-refractivity contribution in [3.63, 3.8) is 0 Å². The quantitative estimate of drug-likeness (QED) is 0.881. The molecule has 0 bridgehead atoms. The Hall–Kier alpha value is -1.52. The average molecular weight is 251 g/mol. The van der Waals surface area contributed by atoms with Crippen molar-refractivity contribution in [1.29, 1.82) is 0 Å². The van der Waals surface area contributed by atoms with Gasteiger partial charge in [0.25, 0.3) is 5.92 Å². The average Bonchev–Trinajstić information content (AvgIpc) is 2.39. The second-order valence-corrected chi connectivity index (χ2v) is 4.41. The molecule has 0 heterocycles. The third-order valence-corrected chi connectivity index (χ3v) is 3.18. The van der Waals surface area contributed by atoms with E-state index in [0.717, 1.165) is 10.9 Å². The van der Waals surface area contributed by atoms with Crippen LogP contribution in [0.4, 0.5) is 8.78 Å². The predicted molar refractivity (Wildman–Crippen MR) is 67.6 cm³/mol. The van der Waals surface area contributed by atoms with Crippen molar-refractivity contribution in [2.24, 2.45) is 5.73 Å². The highest BCUT2D eigenvalue weighted by Gasteiger charge is 2.38. The number of alkyl halides is 2. The minimum atomic E-state index is -3.32. The molecule has 0 aliphatic heterocycles. The number of fused-ring (bicyclic) bond motifs is 1. The molecule has 0 aliphatic rings. The van der Waals surface area contributed by atoms with E-state index in [9.17, 15) is 8.78 Å². The molecule has 0 saturated carbocycles. The number of halogens is 2. The molecular formula is C14H15F2NO. The zero-order valence-corrected chi connectivity index (χ0v) is 10.0. The summed E-state index contributed by atoms with van der Waals surface area (Å²) in [5.41, 5.74) is 6.95. The molecule has 0 radical (unpaired) electrons. The number of aryl methyl sites for hydroxylation is 1. The Balaban J connectivity index is 2.62. The van der Waals surface area contributed by atoms with Gasteiger partial charge in [-0.3, -0.25) is 0 Å². The van der Waals surface area contributed by atoms with E-state index in [1.807, 2.05) is 19.1 Å². The zero-order valence-electron chi connectivity index (χ0n) is 10.0. The van der Waals surface area contributed by atoms with Gasteiger partial charge in [-0.25, -0.2) is 8.78 Å². The van der Waals surface area contributed by atoms with Crippen molar-refractivity contribution in [3.05, 3.63) is 47.5 Å². The third-order valence-electron chi connectivity index (χ3n) is 3.18.